The number of carbonyl (C=O) groups is 1. The van der Waals surface area contributed by atoms with Crippen molar-refractivity contribution in [3.8, 4) is 0 Å². The second-order valence-corrected chi connectivity index (χ2v) is 5.28. The quantitative estimate of drug-likeness (QED) is 0.621. The van der Waals surface area contributed by atoms with Gasteiger partial charge in [-0.05, 0) is 35.4 Å². The van der Waals surface area contributed by atoms with Crippen molar-refractivity contribution in [3.05, 3.63) is 47.8 Å². The molecule has 18 heavy (non-hydrogen) atoms. The van der Waals surface area contributed by atoms with Gasteiger partial charge >= 0.3 is 0 Å². The van der Waals surface area contributed by atoms with Crippen LogP contribution in [0, 0.1) is 0 Å². The molecule has 0 fully saturated rings. The van der Waals surface area contributed by atoms with E-state index >= 15 is 0 Å². The maximum Gasteiger partial charge on any atom is 0.192 e. The van der Waals surface area contributed by atoms with Gasteiger partial charge in [0, 0.05) is 17.3 Å². The number of hydrogen-bond acceptors (Lipinski definition) is 4. The molecular weight excluding hydrogens is 244 g/mol. The molecule has 0 radical (unpaired) electrons. The van der Waals surface area contributed by atoms with E-state index in [0.29, 0.717) is 16.6 Å². The molecule has 0 aliphatic carbocycles. The van der Waals surface area contributed by atoms with Gasteiger partial charge < -0.3 is 0 Å². The largest absolute Gasteiger partial charge is 0.298 e. The standard InChI is InChI=1S/C14H14N2OS/c1-10(2)12-3-5-13(6-4-12)18-14-15-7-11(9-17)8-16-14/h3-10H,1-2H3. The highest BCUT2D eigenvalue weighted by Crippen LogP contribution is 2.25. The zero-order valence-corrected chi connectivity index (χ0v) is 11.1. The van der Waals surface area contributed by atoms with E-state index in [9.17, 15) is 4.79 Å². The van der Waals surface area contributed by atoms with Gasteiger partial charge in [0.1, 0.15) is 0 Å². The molecule has 1 heterocycles. The molecule has 2 aromatic rings. The molecule has 0 aliphatic rings. The van der Waals surface area contributed by atoms with E-state index in [0.717, 1.165) is 11.2 Å². The van der Waals surface area contributed by atoms with Crippen molar-refractivity contribution in [1.29, 1.82) is 0 Å². The molecule has 3 nitrogen and oxygen atoms in total. The Labute approximate surface area is 111 Å². The fraction of sp³-hybridized carbons (Fsp3) is 0.214. The van der Waals surface area contributed by atoms with Gasteiger partial charge in [-0.15, -0.1) is 0 Å². The molecule has 1 aromatic heterocycles. The van der Waals surface area contributed by atoms with Gasteiger partial charge in [-0.25, -0.2) is 9.97 Å². The Bertz CT molecular complexity index is 520. The van der Waals surface area contributed by atoms with E-state index < -0.39 is 0 Å². The van der Waals surface area contributed by atoms with Gasteiger partial charge in [0.05, 0.1) is 5.56 Å². The van der Waals surface area contributed by atoms with Gasteiger partial charge in [0.15, 0.2) is 11.4 Å². The van der Waals surface area contributed by atoms with Crippen LogP contribution in [0.3, 0.4) is 0 Å². The smallest absolute Gasteiger partial charge is 0.192 e. The number of nitrogens with zero attached hydrogens (tertiary/aromatic N) is 2. The minimum Gasteiger partial charge on any atom is -0.298 e. The maximum absolute atomic E-state index is 10.5. The summed E-state index contributed by atoms with van der Waals surface area (Å²) in [5.74, 6) is 0.534. The minimum absolute atomic E-state index is 0.495. The average molecular weight is 258 g/mol. The Kier molecular flexibility index (Phi) is 4.10. The molecular formula is C14H14N2OS. The fourth-order valence-corrected chi connectivity index (χ4v) is 2.16. The summed E-state index contributed by atoms with van der Waals surface area (Å²) >= 11 is 1.49. The first-order valence-electron chi connectivity index (χ1n) is 5.74. The van der Waals surface area contributed by atoms with Crippen LogP contribution in [0.1, 0.15) is 35.7 Å². The van der Waals surface area contributed by atoms with Gasteiger partial charge in [-0.3, -0.25) is 4.79 Å². The molecule has 2 rings (SSSR count). The van der Waals surface area contributed by atoms with Crippen molar-refractivity contribution in [1.82, 2.24) is 9.97 Å². The van der Waals surface area contributed by atoms with Gasteiger partial charge in [0.2, 0.25) is 0 Å². The van der Waals surface area contributed by atoms with Crippen LogP contribution in [0.25, 0.3) is 0 Å². The summed E-state index contributed by atoms with van der Waals surface area (Å²) in [5.41, 5.74) is 1.81. The molecule has 0 bridgehead atoms. The fourth-order valence-electron chi connectivity index (χ4n) is 1.47. The summed E-state index contributed by atoms with van der Waals surface area (Å²) < 4.78 is 0. The van der Waals surface area contributed by atoms with Crippen molar-refractivity contribution < 1.29 is 4.79 Å². The Balaban J connectivity index is 2.10. The molecule has 0 N–H and O–H groups in total. The van der Waals surface area contributed by atoms with Crippen molar-refractivity contribution in [2.45, 2.75) is 29.8 Å². The van der Waals surface area contributed by atoms with Gasteiger partial charge in [-0.2, -0.15) is 0 Å². The summed E-state index contributed by atoms with van der Waals surface area (Å²) in [6.45, 7) is 4.34. The molecule has 0 saturated carbocycles. The molecule has 0 aliphatic heterocycles. The first-order valence-corrected chi connectivity index (χ1v) is 6.55. The summed E-state index contributed by atoms with van der Waals surface area (Å²) in [7, 11) is 0. The zero-order chi connectivity index (χ0) is 13.0. The summed E-state index contributed by atoms with van der Waals surface area (Å²) in [6, 6.07) is 8.37. The van der Waals surface area contributed by atoms with Gasteiger partial charge in [0.25, 0.3) is 0 Å². The summed E-state index contributed by atoms with van der Waals surface area (Å²) in [5, 5.41) is 0.651. The van der Waals surface area contributed by atoms with Crippen LogP contribution in [0.15, 0.2) is 46.7 Å². The second kappa shape index (κ2) is 5.78. The molecule has 0 amide bonds. The number of aldehydes is 1. The number of aromatic nitrogens is 2. The number of carbonyl (C=O) groups excluding carboxylic acids is 1. The highest BCUT2D eigenvalue weighted by Gasteiger charge is 2.02. The number of benzene rings is 1. The zero-order valence-electron chi connectivity index (χ0n) is 10.3. The average Bonchev–Trinajstić information content (AvgIpc) is 2.40. The van der Waals surface area contributed by atoms with Crippen LogP contribution in [0.4, 0.5) is 0 Å². The highest BCUT2D eigenvalue weighted by atomic mass is 32.2. The van der Waals surface area contributed by atoms with Crippen LogP contribution in [0.5, 0.6) is 0 Å². The van der Waals surface area contributed by atoms with E-state index in [1.165, 1.54) is 29.7 Å². The van der Waals surface area contributed by atoms with Crippen LogP contribution >= 0.6 is 11.8 Å². The third-order valence-corrected chi connectivity index (χ3v) is 3.44. The molecule has 4 heteroatoms. The lowest BCUT2D eigenvalue weighted by molar-refractivity contribution is 0.112. The predicted octanol–water partition coefficient (Wildman–Crippen LogP) is 3.56. The normalized spacial score (nSPS) is 10.6. The Morgan fingerprint density at radius 1 is 1.11 bits per heavy atom. The van der Waals surface area contributed by atoms with Crippen molar-refractivity contribution >= 4 is 18.0 Å². The molecule has 0 atom stereocenters. The van der Waals surface area contributed by atoms with Crippen LogP contribution in [-0.2, 0) is 0 Å². The maximum atomic E-state index is 10.5. The Hall–Kier alpha value is -1.68. The van der Waals surface area contributed by atoms with E-state index in [1.54, 1.807) is 0 Å². The van der Waals surface area contributed by atoms with E-state index in [4.69, 9.17) is 0 Å². The molecule has 0 saturated heterocycles. The van der Waals surface area contributed by atoms with E-state index in [-0.39, 0.29) is 0 Å². The monoisotopic (exact) mass is 258 g/mol. The first-order chi connectivity index (χ1) is 8.69. The summed E-state index contributed by atoms with van der Waals surface area (Å²) in [6.07, 6.45) is 3.81. The van der Waals surface area contributed by atoms with Crippen LogP contribution in [0.2, 0.25) is 0 Å². The summed E-state index contributed by atoms with van der Waals surface area (Å²) in [4.78, 5) is 19.8. The van der Waals surface area contributed by atoms with E-state index in [2.05, 4.69) is 48.1 Å². The highest BCUT2D eigenvalue weighted by molar-refractivity contribution is 7.99. The van der Waals surface area contributed by atoms with Crippen molar-refractivity contribution in [2.24, 2.45) is 0 Å². The minimum atomic E-state index is 0.495. The Morgan fingerprint density at radius 3 is 2.22 bits per heavy atom. The SMILES string of the molecule is CC(C)c1ccc(Sc2ncc(C=O)cn2)cc1. The lowest BCUT2D eigenvalue weighted by Gasteiger charge is -2.06. The topological polar surface area (TPSA) is 42.9 Å². The molecule has 92 valence electrons. The number of rotatable bonds is 4. The third-order valence-electron chi connectivity index (χ3n) is 2.54. The molecule has 1 aromatic carbocycles. The molecule has 0 spiro atoms. The third kappa shape index (κ3) is 3.17. The Morgan fingerprint density at radius 2 is 1.72 bits per heavy atom. The lowest BCUT2D eigenvalue weighted by atomic mass is 10.0. The predicted molar refractivity (Wildman–Crippen MR) is 72.1 cm³/mol. The first kappa shape index (κ1) is 12.8. The molecule has 0 unspecified atom stereocenters. The van der Waals surface area contributed by atoms with Crippen molar-refractivity contribution in [3.63, 3.8) is 0 Å². The van der Waals surface area contributed by atoms with Crippen molar-refractivity contribution in [2.75, 3.05) is 0 Å². The van der Waals surface area contributed by atoms with Gasteiger partial charge in [-0.1, -0.05) is 26.0 Å². The second-order valence-electron chi connectivity index (χ2n) is 4.24. The van der Waals surface area contributed by atoms with E-state index in [1.807, 2.05) is 0 Å². The van der Waals surface area contributed by atoms with Crippen LogP contribution in [-0.4, -0.2) is 16.3 Å². The lowest BCUT2D eigenvalue weighted by Crippen LogP contribution is -1.90. The number of hydrogen-bond donors (Lipinski definition) is 0. The van der Waals surface area contributed by atoms with Crippen LogP contribution < -0.4 is 0 Å².